The molecule has 1 aromatic heterocycles. The monoisotopic (exact) mass is 354 g/mol. The van der Waals surface area contributed by atoms with E-state index < -0.39 is 6.61 Å². The second-order valence-corrected chi connectivity index (χ2v) is 5.19. The number of alkyl halides is 2. The van der Waals surface area contributed by atoms with E-state index in [-0.39, 0.29) is 17.4 Å². The van der Waals surface area contributed by atoms with Gasteiger partial charge in [0.1, 0.15) is 4.64 Å². The van der Waals surface area contributed by atoms with Crippen molar-refractivity contribution in [2.75, 3.05) is 13.7 Å². The van der Waals surface area contributed by atoms with Crippen LogP contribution in [-0.2, 0) is 6.42 Å². The first-order valence-electron chi connectivity index (χ1n) is 7.09. The highest BCUT2D eigenvalue weighted by atomic mass is 32.1. The van der Waals surface area contributed by atoms with Gasteiger partial charge in [-0.3, -0.25) is 4.79 Å². The molecule has 1 amide bonds. The molecule has 0 saturated carbocycles. The molecule has 0 radical (unpaired) electrons. The predicted octanol–water partition coefficient (Wildman–Crippen LogP) is 3.33. The summed E-state index contributed by atoms with van der Waals surface area (Å²) < 4.78 is 34.3. The van der Waals surface area contributed by atoms with E-state index in [1.165, 1.54) is 13.2 Å². The number of aromatic amines is 1. The number of amides is 1. The van der Waals surface area contributed by atoms with Crippen molar-refractivity contribution in [2.24, 2.45) is 0 Å². The minimum atomic E-state index is -2.92. The zero-order valence-corrected chi connectivity index (χ0v) is 13.7. The summed E-state index contributed by atoms with van der Waals surface area (Å²) in [5, 5.41) is 2.75. The summed E-state index contributed by atoms with van der Waals surface area (Å²) in [5.41, 5.74) is 1.21. The van der Waals surface area contributed by atoms with Crippen molar-refractivity contribution in [1.29, 1.82) is 0 Å². The molecule has 0 spiro atoms. The van der Waals surface area contributed by atoms with Crippen LogP contribution in [0.4, 0.5) is 8.78 Å². The Morgan fingerprint density at radius 2 is 2.12 bits per heavy atom. The molecule has 0 aliphatic carbocycles. The summed E-state index contributed by atoms with van der Waals surface area (Å²) in [6.45, 7) is -2.56. The predicted molar refractivity (Wildman–Crippen MR) is 87.3 cm³/mol. The molecule has 0 fully saturated rings. The number of ether oxygens (including phenoxy) is 2. The van der Waals surface area contributed by atoms with Crippen molar-refractivity contribution in [3.05, 3.63) is 52.3 Å². The highest BCUT2D eigenvalue weighted by Crippen LogP contribution is 2.29. The molecule has 0 atom stereocenters. The number of H-pyrrole nitrogens is 1. The fourth-order valence-electron chi connectivity index (χ4n) is 2.08. The topological polar surface area (TPSA) is 63.3 Å². The van der Waals surface area contributed by atoms with Gasteiger partial charge in [-0.25, -0.2) is 0 Å². The third kappa shape index (κ3) is 4.76. The van der Waals surface area contributed by atoms with E-state index in [9.17, 15) is 13.6 Å². The van der Waals surface area contributed by atoms with Crippen LogP contribution in [0.25, 0.3) is 0 Å². The average molecular weight is 354 g/mol. The maximum absolute atomic E-state index is 12.3. The van der Waals surface area contributed by atoms with Crippen molar-refractivity contribution in [2.45, 2.75) is 13.0 Å². The van der Waals surface area contributed by atoms with E-state index in [4.69, 9.17) is 17.0 Å². The van der Waals surface area contributed by atoms with E-state index in [0.717, 1.165) is 5.56 Å². The molecule has 2 N–H and O–H groups in total. The Labute approximate surface area is 142 Å². The Morgan fingerprint density at radius 1 is 1.33 bits per heavy atom. The van der Waals surface area contributed by atoms with Gasteiger partial charge in [-0.1, -0.05) is 18.3 Å². The van der Waals surface area contributed by atoms with Crippen LogP contribution in [0.5, 0.6) is 11.5 Å². The van der Waals surface area contributed by atoms with Crippen LogP contribution in [0, 0.1) is 4.64 Å². The molecule has 0 unspecified atom stereocenters. The van der Waals surface area contributed by atoms with E-state index in [1.807, 2.05) is 0 Å². The van der Waals surface area contributed by atoms with Crippen LogP contribution in [-0.4, -0.2) is 31.2 Å². The van der Waals surface area contributed by atoms with Crippen LogP contribution in [0.3, 0.4) is 0 Å². The minimum Gasteiger partial charge on any atom is -0.493 e. The van der Waals surface area contributed by atoms with Crippen molar-refractivity contribution >= 4 is 18.1 Å². The second kappa shape index (κ2) is 8.39. The maximum atomic E-state index is 12.3. The molecule has 1 aromatic carbocycles. The third-order valence-corrected chi connectivity index (χ3v) is 3.54. The molecule has 0 bridgehead atoms. The van der Waals surface area contributed by atoms with Crippen LogP contribution < -0.4 is 14.8 Å². The van der Waals surface area contributed by atoms with Gasteiger partial charge < -0.3 is 19.8 Å². The number of halogens is 2. The van der Waals surface area contributed by atoms with E-state index in [0.29, 0.717) is 23.2 Å². The largest absolute Gasteiger partial charge is 0.493 e. The SMILES string of the molecule is COc1cc(CCNC(=O)c2ccc[nH]c2=S)ccc1OC(F)F. The molecule has 24 heavy (non-hydrogen) atoms. The van der Waals surface area contributed by atoms with E-state index in [2.05, 4.69) is 15.0 Å². The smallest absolute Gasteiger partial charge is 0.387 e. The van der Waals surface area contributed by atoms with Gasteiger partial charge in [-0.15, -0.1) is 0 Å². The van der Waals surface area contributed by atoms with Gasteiger partial charge in [-0.05, 0) is 36.2 Å². The lowest BCUT2D eigenvalue weighted by atomic mass is 10.1. The van der Waals surface area contributed by atoms with Crippen LogP contribution >= 0.6 is 12.2 Å². The van der Waals surface area contributed by atoms with Gasteiger partial charge in [0.05, 0.1) is 12.7 Å². The highest BCUT2D eigenvalue weighted by molar-refractivity contribution is 7.71. The van der Waals surface area contributed by atoms with Gasteiger partial charge >= 0.3 is 6.61 Å². The molecular formula is C16H16F2N2O3S. The summed E-state index contributed by atoms with van der Waals surface area (Å²) in [6, 6.07) is 7.97. The van der Waals surface area contributed by atoms with Gasteiger partial charge in [0.2, 0.25) is 0 Å². The van der Waals surface area contributed by atoms with Crippen LogP contribution in [0.1, 0.15) is 15.9 Å². The van der Waals surface area contributed by atoms with Gasteiger partial charge in [0.25, 0.3) is 5.91 Å². The van der Waals surface area contributed by atoms with Crippen LogP contribution in [0.15, 0.2) is 36.5 Å². The molecule has 128 valence electrons. The summed E-state index contributed by atoms with van der Waals surface area (Å²) in [5.74, 6) is -0.0954. The van der Waals surface area contributed by atoms with Gasteiger partial charge in [-0.2, -0.15) is 8.78 Å². The lowest BCUT2D eigenvalue weighted by Crippen LogP contribution is -2.26. The minimum absolute atomic E-state index is 0.0316. The van der Waals surface area contributed by atoms with Crippen molar-refractivity contribution in [1.82, 2.24) is 10.3 Å². The maximum Gasteiger partial charge on any atom is 0.387 e. The summed E-state index contributed by atoms with van der Waals surface area (Å²) >= 11 is 5.05. The zero-order valence-electron chi connectivity index (χ0n) is 12.8. The molecule has 2 rings (SSSR count). The number of nitrogens with one attached hydrogen (secondary N) is 2. The van der Waals surface area contributed by atoms with Crippen LogP contribution in [0.2, 0.25) is 0 Å². The number of rotatable bonds is 7. The van der Waals surface area contributed by atoms with Crippen molar-refractivity contribution < 1.29 is 23.0 Å². The number of methoxy groups -OCH3 is 1. The Balaban J connectivity index is 1.96. The molecule has 0 saturated heterocycles. The normalized spacial score (nSPS) is 10.5. The van der Waals surface area contributed by atoms with Gasteiger partial charge in [0.15, 0.2) is 11.5 Å². The van der Waals surface area contributed by atoms with Crippen molar-refractivity contribution in [3.63, 3.8) is 0 Å². The molecule has 1 heterocycles. The molecule has 0 aliphatic heterocycles. The Bertz CT molecular complexity index is 765. The lowest BCUT2D eigenvalue weighted by molar-refractivity contribution is -0.0512. The summed E-state index contributed by atoms with van der Waals surface area (Å²) in [4.78, 5) is 14.8. The molecule has 8 heteroatoms. The number of pyridine rings is 1. The third-order valence-electron chi connectivity index (χ3n) is 3.21. The first-order chi connectivity index (χ1) is 11.5. The van der Waals surface area contributed by atoms with Crippen molar-refractivity contribution in [3.8, 4) is 11.5 Å². The second-order valence-electron chi connectivity index (χ2n) is 4.78. The molecular weight excluding hydrogens is 338 g/mol. The fourth-order valence-corrected chi connectivity index (χ4v) is 2.31. The Kier molecular flexibility index (Phi) is 6.25. The summed E-state index contributed by atoms with van der Waals surface area (Å²) in [6.07, 6.45) is 2.15. The number of carbonyl (C=O) groups is 1. The van der Waals surface area contributed by atoms with Gasteiger partial charge in [0, 0.05) is 12.7 Å². The molecule has 2 aromatic rings. The standard InChI is InChI=1S/C16H16F2N2O3S/c1-22-13-9-10(4-5-12(13)23-16(17)18)6-8-19-14(21)11-3-2-7-20-15(11)24/h2-5,7,9,16H,6,8H2,1H3,(H,19,21)(H,20,24). The first kappa shape index (κ1) is 17.9. The Morgan fingerprint density at radius 3 is 2.79 bits per heavy atom. The lowest BCUT2D eigenvalue weighted by Gasteiger charge is -2.11. The fraction of sp³-hybridized carbons (Fsp3) is 0.250. The zero-order chi connectivity index (χ0) is 17.5. The quantitative estimate of drug-likeness (QED) is 0.749. The average Bonchev–Trinajstić information content (AvgIpc) is 2.56. The molecule has 5 nitrogen and oxygen atoms in total. The Hall–Kier alpha value is -2.48. The number of carbonyl (C=O) groups excluding carboxylic acids is 1. The number of aromatic nitrogens is 1. The molecule has 0 aliphatic rings. The number of hydrogen-bond donors (Lipinski definition) is 2. The summed E-state index contributed by atoms with van der Waals surface area (Å²) in [7, 11) is 1.37. The first-order valence-corrected chi connectivity index (χ1v) is 7.49. The van der Waals surface area contributed by atoms with E-state index in [1.54, 1.807) is 30.5 Å². The van der Waals surface area contributed by atoms with E-state index >= 15 is 0 Å². The number of hydrogen-bond acceptors (Lipinski definition) is 4. The highest BCUT2D eigenvalue weighted by Gasteiger charge is 2.11. The number of benzene rings is 1.